The van der Waals surface area contributed by atoms with E-state index < -0.39 is 200 Å². The summed E-state index contributed by atoms with van der Waals surface area (Å²) < 4.78 is 31.7. The van der Waals surface area contributed by atoms with Gasteiger partial charge in [-0.15, -0.1) is 0 Å². The van der Waals surface area contributed by atoms with Crippen molar-refractivity contribution in [2.75, 3.05) is 68.6 Å². The van der Waals surface area contributed by atoms with Gasteiger partial charge in [-0.3, -0.25) is 77.1 Å². The summed E-state index contributed by atoms with van der Waals surface area (Å²) in [7, 11) is 8.09. The molecule has 4 aliphatic rings. The first-order valence-electron chi connectivity index (χ1n) is 48.2. The zero-order chi connectivity index (χ0) is 108. The van der Waals surface area contributed by atoms with E-state index >= 15 is 0 Å². The maximum atomic E-state index is 14.3. The second kappa shape index (κ2) is 49.2. The van der Waals surface area contributed by atoms with E-state index in [-0.39, 0.29) is 97.9 Å². The number of carbonyl (C=O) groups is 18. The van der Waals surface area contributed by atoms with Crippen molar-refractivity contribution in [2.45, 2.75) is 373 Å². The number of ether oxygens (including phenoxy) is 6. The number of hydrogen-bond donors (Lipinski definition) is 8. The first-order chi connectivity index (χ1) is 64.3. The summed E-state index contributed by atoms with van der Waals surface area (Å²) in [5.74, 6) is -7.44. The first-order valence-corrected chi connectivity index (χ1v) is 48.2. The van der Waals surface area contributed by atoms with Crippen molar-refractivity contribution in [1.29, 1.82) is 0 Å². The average Bonchev–Trinajstić information content (AvgIpc) is 1.62. The third-order valence-corrected chi connectivity index (χ3v) is 24.2. The van der Waals surface area contributed by atoms with Crippen LogP contribution in [-0.4, -0.2) is 334 Å². The maximum absolute atomic E-state index is 14.3. The second-order valence-corrected chi connectivity index (χ2v) is 45.5. The molecule has 0 saturated carbocycles. The van der Waals surface area contributed by atoms with Crippen LogP contribution in [0.2, 0.25) is 0 Å². The Hall–Kier alpha value is -11.9. The highest BCUT2D eigenvalue weighted by atomic mass is 16.6. The molecule has 40 nitrogen and oxygen atoms in total. The number of likely N-dealkylation sites (N-methyl/N-ethyl adjacent to an activating group) is 4. The molecule has 40 heteroatoms. The molecule has 792 valence electrons. The smallest absolute Gasteiger partial charge is 0.410 e. The molecule has 2 aromatic carbocycles. The lowest BCUT2D eigenvalue weighted by molar-refractivity contribution is -0.153. The molecule has 0 spiro atoms. The van der Waals surface area contributed by atoms with Crippen LogP contribution in [0.15, 0.2) is 48.5 Å². The molecule has 8 N–H and O–H groups in total. The largest absolute Gasteiger partial charge is 0.467 e. The van der Waals surface area contributed by atoms with E-state index in [1.807, 2.05) is 55.4 Å². The van der Waals surface area contributed by atoms with Gasteiger partial charge in [0, 0.05) is 126 Å². The summed E-state index contributed by atoms with van der Waals surface area (Å²) in [4.78, 5) is 252. The van der Waals surface area contributed by atoms with Gasteiger partial charge in [0.1, 0.15) is 82.8 Å². The predicted octanol–water partition coefficient (Wildman–Crippen LogP) is 9.12. The van der Waals surface area contributed by atoms with Gasteiger partial charge in [0.25, 0.3) is 23.6 Å². The minimum Gasteiger partial charge on any atom is -0.467 e. The Bertz CT molecular complexity index is 4480. The number of methoxy groups -OCH3 is 2. The molecule has 4 saturated heterocycles. The van der Waals surface area contributed by atoms with Crippen LogP contribution >= 0.6 is 0 Å². The molecule has 6 rings (SSSR count). The molecule has 0 aromatic heterocycles. The van der Waals surface area contributed by atoms with Gasteiger partial charge >= 0.3 is 36.3 Å². The van der Waals surface area contributed by atoms with Gasteiger partial charge in [-0.1, -0.05) is 103 Å². The van der Waals surface area contributed by atoms with E-state index in [1.54, 1.807) is 173 Å². The number of likely N-dealkylation sites (tertiary alicyclic amines) is 4. The fraction of sp³-hybridized carbons (Fsp3) is 0.703. The van der Waals surface area contributed by atoms with Crippen LogP contribution in [0.5, 0.6) is 0 Å². The highest BCUT2D eigenvalue weighted by Gasteiger charge is 2.51. The van der Waals surface area contributed by atoms with Crippen LogP contribution < -0.4 is 42.5 Å². The zero-order valence-corrected chi connectivity index (χ0v) is 90.6. The van der Waals surface area contributed by atoms with Gasteiger partial charge in [0.15, 0.2) is 0 Å². The highest BCUT2D eigenvalue weighted by Crippen LogP contribution is 2.34. The first kappa shape index (κ1) is 121. The van der Waals surface area contributed by atoms with Crippen molar-refractivity contribution in [1.82, 2.24) is 81.7 Å². The number of hydrogen-bond acceptors (Lipinski definition) is 24. The third-order valence-electron chi connectivity index (χ3n) is 24.2. The molecule has 2 aromatic rings. The maximum Gasteiger partial charge on any atom is 0.410 e. The summed E-state index contributed by atoms with van der Waals surface area (Å²) >= 11 is 0. The minimum atomic E-state index is -1.16. The van der Waals surface area contributed by atoms with E-state index in [2.05, 4.69) is 56.4 Å². The van der Waals surface area contributed by atoms with Crippen molar-refractivity contribution in [3.63, 3.8) is 0 Å². The molecule has 0 unspecified atom stereocenters. The van der Waals surface area contributed by atoms with Gasteiger partial charge in [-0.2, -0.15) is 0 Å². The van der Waals surface area contributed by atoms with Gasteiger partial charge in [0.2, 0.25) is 47.3 Å². The van der Waals surface area contributed by atoms with E-state index in [1.165, 1.54) is 107 Å². The van der Waals surface area contributed by atoms with Crippen molar-refractivity contribution in [2.24, 2.45) is 21.7 Å². The number of amides is 16. The molecule has 4 heterocycles. The molecule has 0 aliphatic carbocycles. The molecule has 16 amide bonds. The van der Waals surface area contributed by atoms with Crippen molar-refractivity contribution in [3.8, 4) is 0 Å². The Morgan fingerprint density at radius 1 is 0.312 bits per heavy atom. The summed E-state index contributed by atoms with van der Waals surface area (Å²) in [6, 6.07) is -1.14. The Morgan fingerprint density at radius 2 is 0.482 bits per heavy atom. The lowest BCUT2D eigenvalue weighted by Gasteiger charge is -2.36. The molecule has 0 bridgehead atoms. The Kier molecular flexibility index (Phi) is 42.4. The summed E-state index contributed by atoms with van der Waals surface area (Å²) in [6.07, 6.45) is -0.598. The Morgan fingerprint density at radius 3 is 0.652 bits per heavy atom. The Balaban J connectivity index is 0.000000574. The molecule has 4 aliphatic heterocycles. The zero-order valence-electron chi connectivity index (χ0n) is 90.6. The fourth-order valence-corrected chi connectivity index (χ4v) is 15.6. The predicted molar refractivity (Wildman–Crippen MR) is 529 cm³/mol. The molecular weight excluding hydrogens is 1820 g/mol. The number of nitrogens with zero attached hydrogens (tertiary/aromatic N) is 8. The van der Waals surface area contributed by atoms with Crippen LogP contribution in [0, 0.1) is 21.7 Å². The van der Waals surface area contributed by atoms with Gasteiger partial charge < -0.3 is 90.6 Å². The fourth-order valence-electron chi connectivity index (χ4n) is 15.6. The number of benzene rings is 2. The van der Waals surface area contributed by atoms with Gasteiger partial charge in [0.05, 0.1) is 14.2 Å². The minimum absolute atomic E-state index is 0.00580. The summed E-state index contributed by atoms with van der Waals surface area (Å²) in [5.41, 5.74) is -5.29. The van der Waals surface area contributed by atoms with Crippen LogP contribution in [0.4, 0.5) is 19.2 Å². The van der Waals surface area contributed by atoms with Crippen LogP contribution in [-0.2, 0) is 76.4 Å². The van der Waals surface area contributed by atoms with Crippen molar-refractivity contribution in [3.05, 3.63) is 70.8 Å². The number of rotatable bonds is 26. The lowest BCUT2D eigenvalue weighted by atomic mass is 9.85. The number of esters is 2. The molecule has 16 atom stereocenters. The normalized spacial score (nSPS) is 20.0. The van der Waals surface area contributed by atoms with Gasteiger partial charge in [-0.05, 0) is 208 Å². The second-order valence-electron chi connectivity index (χ2n) is 45.5. The lowest BCUT2D eigenvalue weighted by Crippen LogP contribution is -2.59. The molecule has 0 radical (unpaired) electrons. The molecule has 4 fully saturated rings. The number of carbonyl (C=O) groups excluding carboxylic acids is 18. The van der Waals surface area contributed by atoms with E-state index in [9.17, 15) is 86.3 Å². The van der Waals surface area contributed by atoms with Crippen molar-refractivity contribution >= 4 is 107 Å². The van der Waals surface area contributed by atoms with Crippen LogP contribution in [0.25, 0.3) is 0 Å². The Labute approximate surface area is 833 Å². The molecule has 141 heavy (non-hydrogen) atoms. The van der Waals surface area contributed by atoms with E-state index in [4.69, 9.17) is 28.4 Å². The van der Waals surface area contributed by atoms with Gasteiger partial charge in [-0.25, -0.2) is 28.8 Å². The van der Waals surface area contributed by atoms with Crippen LogP contribution in [0.3, 0.4) is 0 Å². The van der Waals surface area contributed by atoms with E-state index in [0.717, 1.165) is 9.80 Å². The third kappa shape index (κ3) is 35.3. The van der Waals surface area contributed by atoms with Crippen molar-refractivity contribution < 1.29 is 115 Å². The summed E-state index contributed by atoms with van der Waals surface area (Å²) in [6.45, 7) is 56.4. The quantitative estimate of drug-likeness (QED) is 0.0321. The average molecular weight is 1990 g/mol. The molecular formula is C101H164N16O24. The van der Waals surface area contributed by atoms with Crippen LogP contribution in [0.1, 0.15) is 295 Å². The standard InChI is InChI=1S/C50H78N8O14.C48H78N8O10.C3H8/c1-27(55(15)45(67)71-49(9,10)11)37(59)53-35(47(3,4)5)41(63)57-25-31(23-33(57)43(65)69-17)51-39(61)29-19-21-30(22-20-29)40(62)52-32-24-34(44(66)70-18)58(26-32)42(64)36(48(6,7)8)54-38(60)28(2)56(16)46(68)72-50(12,13)14;1-27-23-33(25-55(27)41(61)35(45(5,6)7)51-37(57)29(3)53(17)43(63)65-47(11,12)13)49-39(59)31-19-21-32(22-20-31)40(60)50-34-24-28(2)56(26-34)42(62)36(46(8,9)10)52-38(58)30(4)54(18)44(64)66-48(14,15)16;1-3-2/h19-22,27-28,31-36H,23-26H2,1-18H3,(H,51,61)(H,52,62)(H,53,59)(H,54,60);19-22,27-30,33-36H,23-26H2,1-18H3,(H,49,59)(H,50,60)(H,51,57)(H,52,58);3H2,1-2H3/t27-,28-,31-,32-,33-,34-,35+,36+;27-,28-,29+,30+,33+,34+,35-,36-;/m01./s1. The topological polar surface area (TPSA) is 485 Å². The number of nitrogens with one attached hydrogen (secondary N) is 8. The SMILES string of the molecule is CCC.COC(=O)[C@@H]1C[C@H](NC(=O)c2ccc(C(=O)N[C@H]3C[C@@H](C(=O)OC)N(C(=O)[C@@H](NC(=O)[C@H](C)N(C)C(=O)OC(C)(C)C)C(C)(C)C)C3)cc2)CN1C(=O)[C@@H](NC(=O)[C@H](C)N(C)C(=O)OC(C)(C)C)C(C)(C)C.C[C@@H]1C[C@H](NC(=O)c2ccc(C(=O)N[C@H]3C[C@@H](C)N(C(=O)[C@@H](NC(=O)[C@H](C)N(C)C(=O)OC(C)(C)C)C(C)(C)C)C3)cc2)CN1C(=O)[C@@H](NC(=O)[C@H](C)N(C)C(=O)OC(C)(C)C)C(C)(C)C. The highest BCUT2D eigenvalue weighted by molar-refractivity contribution is 6.01. The monoisotopic (exact) mass is 1990 g/mol. The van der Waals surface area contributed by atoms with E-state index in [0.29, 0.717) is 24.0 Å². The summed E-state index contributed by atoms with van der Waals surface area (Å²) in [5, 5.41) is 23.0.